The first kappa shape index (κ1) is 12.8. The Kier molecular flexibility index (Phi) is 6.05. The number of nitrogens with one attached hydrogen (secondary N) is 1. The predicted molar refractivity (Wildman–Crippen MR) is 63.1 cm³/mol. The second-order valence-electron chi connectivity index (χ2n) is 3.79. The van der Waals surface area contributed by atoms with E-state index in [0.29, 0.717) is 18.3 Å². The number of carbonyl (C=O) groups is 1. The van der Waals surface area contributed by atoms with E-state index in [0.717, 1.165) is 19.5 Å². The van der Waals surface area contributed by atoms with Gasteiger partial charge in [0.15, 0.2) is 0 Å². The summed E-state index contributed by atoms with van der Waals surface area (Å²) >= 11 is 1.53. The van der Waals surface area contributed by atoms with Crippen LogP contribution in [-0.4, -0.2) is 60.2 Å². The van der Waals surface area contributed by atoms with Crippen LogP contribution in [0, 0.1) is 0 Å². The number of amides is 1. The number of aliphatic hydroxyl groups excluding tert-OH is 1. The van der Waals surface area contributed by atoms with E-state index in [4.69, 9.17) is 5.11 Å². The van der Waals surface area contributed by atoms with Crippen molar-refractivity contribution >= 4 is 17.7 Å². The molecule has 1 unspecified atom stereocenters. The third kappa shape index (κ3) is 4.40. The van der Waals surface area contributed by atoms with Crippen LogP contribution in [0.4, 0.5) is 0 Å². The lowest BCUT2D eigenvalue weighted by Crippen LogP contribution is -2.43. The van der Waals surface area contributed by atoms with E-state index in [2.05, 4.69) is 5.32 Å². The summed E-state index contributed by atoms with van der Waals surface area (Å²) in [5, 5.41) is 12.3. The molecule has 0 spiro atoms. The van der Waals surface area contributed by atoms with Gasteiger partial charge in [0.25, 0.3) is 0 Å². The van der Waals surface area contributed by atoms with E-state index in [-0.39, 0.29) is 12.5 Å². The minimum Gasteiger partial charge on any atom is -0.395 e. The molecule has 4 nitrogen and oxygen atoms in total. The van der Waals surface area contributed by atoms with Gasteiger partial charge < -0.3 is 15.3 Å². The molecule has 5 heteroatoms. The topological polar surface area (TPSA) is 52.6 Å². The molecular formula is C10H20N2O2S. The molecule has 0 saturated carbocycles. The van der Waals surface area contributed by atoms with E-state index < -0.39 is 0 Å². The van der Waals surface area contributed by atoms with Crippen LogP contribution in [0.2, 0.25) is 0 Å². The van der Waals surface area contributed by atoms with Crippen molar-refractivity contribution in [3.63, 3.8) is 0 Å². The normalized spacial score (nSPS) is 20.5. The molecule has 0 aromatic carbocycles. The summed E-state index contributed by atoms with van der Waals surface area (Å²) in [6.07, 6.45) is 4.24. The van der Waals surface area contributed by atoms with Crippen LogP contribution in [0.25, 0.3) is 0 Å². The van der Waals surface area contributed by atoms with Crippen molar-refractivity contribution in [1.29, 1.82) is 0 Å². The first-order valence-electron chi connectivity index (χ1n) is 5.39. The van der Waals surface area contributed by atoms with Gasteiger partial charge in [-0.3, -0.25) is 4.79 Å². The van der Waals surface area contributed by atoms with Gasteiger partial charge in [-0.15, -0.1) is 0 Å². The van der Waals surface area contributed by atoms with Crippen molar-refractivity contribution in [2.75, 3.05) is 38.2 Å². The molecule has 88 valence electrons. The molecule has 1 amide bonds. The number of aliphatic hydroxyl groups is 1. The minimum atomic E-state index is 0.0485. The molecule has 1 heterocycles. The van der Waals surface area contributed by atoms with E-state index >= 15 is 0 Å². The SMILES string of the molecule is CSCC(=O)N(CCO)CC1CCCN1. The standard InChI is InChI=1S/C10H20N2O2S/c1-15-8-10(14)12(5-6-13)7-9-3-2-4-11-9/h9,11,13H,2-8H2,1H3. The summed E-state index contributed by atoms with van der Waals surface area (Å²) < 4.78 is 0. The van der Waals surface area contributed by atoms with Gasteiger partial charge in [0.1, 0.15) is 0 Å². The third-order valence-corrected chi connectivity index (χ3v) is 3.13. The molecular weight excluding hydrogens is 212 g/mol. The quantitative estimate of drug-likeness (QED) is 0.673. The monoisotopic (exact) mass is 232 g/mol. The largest absolute Gasteiger partial charge is 0.395 e. The van der Waals surface area contributed by atoms with Crippen LogP contribution in [0.1, 0.15) is 12.8 Å². The Bertz CT molecular complexity index is 196. The zero-order chi connectivity index (χ0) is 11.1. The van der Waals surface area contributed by atoms with Gasteiger partial charge in [0.2, 0.25) is 5.91 Å². The molecule has 2 N–H and O–H groups in total. The minimum absolute atomic E-state index is 0.0485. The van der Waals surface area contributed by atoms with Crippen molar-refractivity contribution in [3.8, 4) is 0 Å². The van der Waals surface area contributed by atoms with Gasteiger partial charge in [0.05, 0.1) is 12.4 Å². The fourth-order valence-corrected chi connectivity index (χ4v) is 2.26. The fraction of sp³-hybridized carbons (Fsp3) is 0.900. The van der Waals surface area contributed by atoms with E-state index in [9.17, 15) is 4.79 Å². The van der Waals surface area contributed by atoms with Gasteiger partial charge in [-0.1, -0.05) is 0 Å². The Balaban J connectivity index is 2.37. The van der Waals surface area contributed by atoms with Crippen molar-refractivity contribution in [2.45, 2.75) is 18.9 Å². The first-order valence-corrected chi connectivity index (χ1v) is 6.78. The molecule has 1 aliphatic heterocycles. The Hall–Kier alpha value is -0.260. The average molecular weight is 232 g/mol. The molecule has 0 aliphatic carbocycles. The van der Waals surface area contributed by atoms with Crippen LogP contribution >= 0.6 is 11.8 Å². The highest BCUT2D eigenvalue weighted by molar-refractivity contribution is 7.99. The predicted octanol–water partition coefficient (Wildman–Crippen LogP) is -0.0777. The maximum atomic E-state index is 11.7. The lowest BCUT2D eigenvalue weighted by Gasteiger charge is -2.24. The van der Waals surface area contributed by atoms with E-state index in [1.807, 2.05) is 6.26 Å². The lowest BCUT2D eigenvalue weighted by molar-refractivity contribution is -0.129. The van der Waals surface area contributed by atoms with Crippen LogP contribution in [0.3, 0.4) is 0 Å². The molecule has 1 atom stereocenters. The number of carbonyl (C=O) groups excluding carboxylic acids is 1. The van der Waals surface area contributed by atoms with Crippen LogP contribution in [0.15, 0.2) is 0 Å². The zero-order valence-electron chi connectivity index (χ0n) is 9.24. The maximum absolute atomic E-state index is 11.7. The lowest BCUT2D eigenvalue weighted by atomic mass is 10.2. The molecule has 0 aromatic rings. The Morgan fingerprint density at radius 3 is 3.00 bits per heavy atom. The average Bonchev–Trinajstić information content (AvgIpc) is 2.70. The molecule has 0 radical (unpaired) electrons. The van der Waals surface area contributed by atoms with Crippen molar-refractivity contribution in [3.05, 3.63) is 0 Å². The molecule has 1 aliphatic rings. The summed E-state index contributed by atoms with van der Waals surface area (Å²) in [6.45, 7) is 2.29. The van der Waals surface area contributed by atoms with Gasteiger partial charge in [-0.25, -0.2) is 0 Å². The van der Waals surface area contributed by atoms with E-state index in [1.165, 1.54) is 18.2 Å². The Morgan fingerprint density at radius 1 is 1.67 bits per heavy atom. The highest BCUT2D eigenvalue weighted by Gasteiger charge is 2.20. The first-order chi connectivity index (χ1) is 7.27. The van der Waals surface area contributed by atoms with Gasteiger partial charge in [0, 0.05) is 19.1 Å². The maximum Gasteiger partial charge on any atom is 0.232 e. The van der Waals surface area contributed by atoms with Crippen LogP contribution in [0.5, 0.6) is 0 Å². The smallest absolute Gasteiger partial charge is 0.232 e. The Morgan fingerprint density at radius 2 is 2.47 bits per heavy atom. The van der Waals surface area contributed by atoms with Crippen LogP contribution < -0.4 is 5.32 Å². The highest BCUT2D eigenvalue weighted by atomic mass is 32.2. The second kappa shape index (κ2) is 7.09. The number of hydrogen-bond donors (Lipinski definition) is 2. The summed E-state index contributed by atoms with van der Waals surface area (Å²) in [5.41, 5.74) is 0. The summed E-state index contributed by atoms with van der Waals surface area (Å²) in [5.74, 6) is 0.637. The van der Waals surface area contributed by atoms with Crippen molar-refractivity contribution < 1.29 is 9.90 Å². The molecule has 1 rings (SSSR count). The number of thioether (sulfide) groups is 1. The summed E-state index contributed by atoms with van der Waals surface area (Å²) in [6, 6.07) is 0.419. The molecule has 1 saturated heterocycles. The molecule has 0 bridgehead atoms. The Labute approximate surface area is 95.4 Å². The number of rotatable bonds is 6. The third-order valence-electron chi connectivity index (χ3n) is 2.59. The summed E-state index contributed by atoms with van der Waals surface area (Å²) in [4.78, 5) is 13.5. The molecule has 1 fully saturated rings. The zero-order valence-corrected chi connectivity index (χ0v) is 10.1. The van der Waals surface area contributed by atoms with Crippen molar-refractivity contribution in [2.24, 2.45) is 0 Å². The van der Waals surface area contributed by atoms with Gasteiger partial charge in [-0.05, 0) is 25.6 Å². The van der Waals surface area contributed by atoms with Gasteiger partial charge in [-0.2, -0.15) is 11.8 Å². The number of nitrogens with zero attached hydrogens (tertiary/aromatic N) is 1. The molecule has 15 heavy (non-hydrogen) atoms. The number of hydrogen-bond acceptors (Lipinski definition) is 4. The summed E-state index contributed by atoms with van der Waals surface area (Å²) in [7, 11) is 0. The molecule has 0 aromatic heterocycles. The fourth-order valence-electron chi connectivity index (χ4n) is 1.83. The van der Waals surface area contributed by atoms with Crippen LogP contribution in [-0.2, 0) is 4.79 Å². The second-order valence-corrected chi connectivity index (χ2v) is 4.66. The van der Waals surface area contributed by atoms with E-state index in [1.54, 1.807) is 4.90 Å². The highest BCUT2D eigenvalue weighted by Crippen LogP contribution is 2.08. The van der Waals surface area contributed by atoms with Gasteiger partial charge >= 0.3 is 0 Å². The van der Waals surface area contributed by atoms with Crippen molar-refractivity contribution in [1.82, 2.24) is 10.2 Å².